The van der Waals surface area contributed by atoms with Crippen molar-refractivity contribution in [2.45, 2.75) is 17.9 Å². The van der Waals surface area contributed by atoms with Crippen LogP contribution in [-0.2, 0) is 4.79 Å². The lowest BCUT2D eigenvalue weighted by Crippen LogP contribution is -2.31. The Morgan fingerprint density at radius 1 is 1.18 bits per heavy atom. The number of benzene rings is 2. The highest BCUT2D eigenvalue weighted by Crippen LogP contribution is 2.19. The van der Waals surface area contributed by atoms with E-state index in [4.69, 9.17) is 5.26 Å². The quantitative estimate of drug-likeness (QED) is 0.826. The zero-order valence-electron chi connectivity index (χ0n) is 12.5. The van der Waals surface area contributed by atoms with Crippen LogP contribution >= 0.6 is 11.8 Å². The third-order valence-electron chi connectivity index (χ3n) is 3.13. The number of carbonyl (C=O) groups excluding carboxylic acids is 1. The molecule has 0 radical (unpaired) electrons. The summed E-state index contributed by atoms with van der Waals surface area (Å²) in [5, 5.41) is 14.8. The molecule has 2 aromatic rings. The van der Waals surface area contributed by atoms with Gasteiger partial charge in [0.15, 0.2) is 0 Å². The average molecular weight is 311 g/mol. The minimum atomic E-state index is -0.368. The molecular weight excluding hydrogens is 294 g/mol. The maximum Gasteiger partial charge on any atom is 0.246 e. The second kappa shape index (κ2) is 7.53. The highest BCUT2D eigenvalue weighted by Gasteiger charge is 2.12. The van der Waals surface area contributed by atoms with Crippen molar-refractivity contribution in [3.8, 4) is 6.07 Å². The van der Waals surface area contributed by atoms with Crippen molar-refractivity contribution in [1.82, 2.24) is 0 Å². The molecule has 0 spiro atoms. The summed E-state index contributed by atoms with van der Waals surface area (Å²) in [5.74, 6) is -0.126. The van der Waals surface area contributed by atoms with E-state index in [1.54, 1.807) is 36.0 Å². The Morgan fingerprint density at radius 3 is 2.55 bits per heavy atom. The molecule has 2 rings (SSSR count). The van der Waals surface area contributed by atoms with Gasteiger partial charge >= 0.3 is 0 Å². The molecule has 0 bridgehead atoms. The van der Waals surface area contributed by atoms with Crippen molar-refractivity contribution < 1.29 is 4.79 Å². The van der Waals surface area contributed by atoms with Crippen LogP contribution in [0.15, 0.2) is 53.4 Å². The first-order valence-electron chi connectivity index (χ1n) is 6.84. The number of nitriles is 1. The lowest BCUT2D eigenvalue weighted by molar-refractivity contribution is -0.116. The summed E-state index contributed by atoms with van der Waals surface area (Å²) in [6.45, 7) is 1.81. The van der Waals surface area contributed by atoms with Gasteiger partial charge in [0.2, 0.25) is 5.91 Å². The molecule has 0 fully saturated rings. The van der Waals surface area contributed by atoms with Gasteiger partial charge in [-0.1, -0.05) is 6.07 Å². The molecule has 0 aromatic heterocycles. The van der Waals surface area contributed by atoms with Crippen LogP contribution in [0.3, 0.4) is 0 Å². The SMILES string of the molecule is CSc1cccc(N[C@@H](C)C(=O)Nc2ccc(C#N)cc2)c1. The molecule has 4 nitrogen and oxygen atoms in total. The molecule has 0 saturated heterocycles. The van der Waals surface area contributed by atoms with Crippen LogP contribution in [0, 0.1) is 11.3 Å². The smallest absolute Gasteiger partial charge is 0.246 e. The van der Waals surface area contributed by atoms with Crippen LogP contribution < -0.4 is 10.6 Å². The van der Waals surface area contributed by atoms with E-state index in [9.17, 15) is 4.79 Å². The number of rotatable bonds is 5. The van der Waals surface area contributed by atoms with Crippen LogP contribution in [0.25, 0.3) is 0 Å². The number of carbonyl (C=O) groups is 1. The summed E-state index contributed by atoms with van der Waals surface area (Å²) in [5.41, 5.74) is 2.16. The number of anilines is 2. The first-order valence-corrected chi connectivity index (χ1v) is 8.06. The second-order valence-corrected chi connectivity index (χ2v) is 5.66. The third kappa shape index (κ3) is 4.27. The molecule has 0 unspecified atom stereocenters. The van der Waals surface area contributed by atoms with E-state index in [1.807, 2.05) is 43.5 Å². The van der Waals surface area contributed by atoms with Crippen LogP contribution in [-0.4, -0.2) is 18.2 Å². The van der Waals surface area contributed by atoms with Crippen LogP contribution in [0.4, 0.5) is 11.4 Å². The van der Waals surface area contributed by atoms with Gasteiger partial charge in [-0.15, -0.1) is 11.8 Å². The highest BCUT2D eigenvalue weighted by atomic mass is 32.2. The van der Waals surface area contributed by atoms with Crippen molar-refractivity contribution in [2.75, 3.05) is 16.9 Å². The normalized spacial score (nSPS) is 11.3. The van der Waals surface area contributed by atoms with E-state index in [-0.39, 0.29) is 11.9 Å². The van der Waals surface area contributed by atoms with Crippen molar-refractivity contribution >= 4 is 29.0 Å². The number of amides is 1. The molecule has 2 N–H and O–H groups in total. The molecule has 1 amide bonds. The van der Waals surface area contributed by atoms with Crippen molar-refractivity contribution in [1.29, 1.82) is 5.26 Å². The second-order valence-electron chi connectivity index (χ2n) is 4.78. The van der Waals surface area contributed by atoms with Gasteiger partial charge in [-0.25, -0.2) is 0 Å². The van der Waals surface area contributed by atoms with Gasteiger partial charge < -0.3 is 10.6 Å². The topological polar surface area (TPSA) is 64.9 Å². The van der Waals surface area contributed by atoms with Gasteiger partial charge in [-0.05, 0) is 55.6 Å². The third-order valence-corrected chi connectivity index (χ3v) is 3.85. The molecular formula is C17H17N3OS. The molecule has 2 aromatic carbocycles. The summed E-state index contributed by atoms with van der Waals surface area (Å²) >= 11 is 1.66. The van der Waals surface area contributed by atoms with E-state index in [0.717, 1.165) is 10.6 Å². The van der Waals surface area contributed by atoms with Crippen LogP contribution in [0.2, 0.25) is 0 Å². The maximum atomic E-state index is 12.2. The predicted molar refractivity (Wildman–Crippen MR) is 91.1 cm³/mol. The Morgan fingerprint density at radius 2 is 1.91 bits per heavy atom. The lowest BCUT2D eigenvalue weighted by atomic mass is 10.2. The zero-order chi connectivity index (χ0) is 15.9. The number of nitrogens with one attached hydrogen (secondary N) is 2. The number of thioether (sulfide) groups is 1. The fourth-order valence-electron chi connectivity index (χ4n) is 1.91. The zero-order valence-corrected chi connectivity index (χ0v) is 13.3. The fourth-order valence-corrected chi connectivity index (χ4v) is 2.37. The molecule has 0 aliphatic rings. The van der Waals surface area contributed by atoms with Gasteiger partial charge in [0, 0.05) is 16.3 Å². The van der Waals surface area contributed by atoms with Crippen molar-refractivity contribution in [3.05, 3.63) is 54.1 Å². The minimum Gasteiger partial charge on any atom is -0.374 e. The molecule has 22 heavy (non-hydrogen) atoms. The van der Waals surface area contributed by atoms with E-state index >= 15 is 0 Å². The summed E-state index contributed by atoms with van der Waals surface area (Å²) in [6.07, 6.45) is 2.01. The monoisotopic (exact) mass is 311 g/mol. The number of nitrogens with zero attached hydrogens (tertiary/aromatic N) is 1. The molecule has 112 valence electrons. The van der Waals surface area contributed by atoms with Gasteiger partial charge in [-0.2, -0.15) is 5.26 Å². The molecule has 1 atom stereocenters. The lowest BCUT2D eigenvalue weighted by Gasteiger charge is -2.15. The largest absolute Gasteiger partial charge is 0.374 e. The Bertz CT molecular complexity index is 692. The van der Waals surface area contributed by atoms with E-state index < -0.39 is 0 Å². The average Bonchev–Trinajstić information content (AvgIpc) is 2.55. The Balaban J connectivity index is 1.97. The Kier molecular flexibility index (Phi) is 5.45. The van der Waals surface area contributed by atoms with Gasteiger partial charge in [0.1, 0.15) is 6.04 Å². The van der Waals surface area contributed by atoms with Crippen LogP contribution in [0.1, 0.15) is 12.5 Å². The highest BCUT2D eigenvalue weighted by molar-refractivity contribution is 7.98. The molecule has 0 aliphatic carbocycles. The summed E-state index contributed by atoms with van der Waals surface area (Å²) in [6, 6.07) is 16.4. The number of hydrogen-bond acceptors (Lipinski definition) is 4. The van der Waals surface area contributed by atoms with Gasteiger partial charge in [-0.3, -0.25) is 4.79 Å². The van der Waals surface area contributed by atoms with Crippen LogP contribution in [0.5, 0.6) is 0 Å². The first kappa shape index (κ1) is 15.9. The fraction of sp³-hybridized carbons (Fsp3) is 0.176. The van der Waals surface area contributed by atoms with E-state index in [2.05, 4.69) is 10.6 Å². The Labute approximate surface area is 134 Å². The minimum absolute atomic E-state index is 0.126. The maximum absolute atomic E-state index is 12.2. The summed E-state index contributed by atoms with van der Waals surface area (Å²) in [4.78, 5) is 13.3. The van der Waals surface area contributed by atoms with Gasteiger partial charge in [0.25, 0.3) is 0 Å². The molecule has 0 saturated carbocycles. The van der Waals surface area contributed by atoms with E-state index in [0.29, 0.717) is 11.3 Å². The van der Waals surface area contributed by atoms with E-state index in [1.165, 1.54) is 0 Å². The predicted octanol–water partition coefficient (Wildman–Crippen LogP) is 3.72. The summed E-state index contributed by atoms with van der Waals surface area (Å²) < 4.78 is 0. The van der Waals surface area contributed by atoms with Crippen molar-refractivity contribution in [3.63, 3.8) is 0 Å². The molecule has 0 aliphatic heterocycles. The van der Waals surface area contributed by atoms with Gasteiger partial charge in [0.05, 0.1) is 11.6 Å². The Hall–Kier alpha value is -2.45. The molecule has 0 heterocycles. The standard InChI is InChI=1S/C17H17N3OS/c1-12(19-15-4-3-5-16(10-15)22-2)17(21)20-14-8-6-13(11-18)7-9-14/h3-10,12,19H,1-2H3,(H,20,21)/t12-/m0/s1. The summed E-state index contributed by atoms with van der Waals surface area (Å²) in [7, 11) is 0. The van der Waals surface area contributed by atoms with Crippen molar-refractivity contribution in [2.24, 2.45) is 0 Å². The molecule has 5 heteroatoms. The first-order chi connectivity index (χ1) is 10.6. The number of hydrogen-bond donors (Lipinski definition) is 2.